The van der Waals surface area contributed by atoms with Gasteiger partial charge in [0.25, 0.3) is 5.91 Å². The lowest BCUT2D eigenvalue weighted by molar-refractivity contribution is 0.0789. The van der Waals surface area contributed by atoms with E-state index in [0.29, 0.717) is 18.7 Å². The van der Waals surface area contributed by atoms with Crippen LogP contribution in [0.1, 0.15) is 15.9 Å². The molecular weight excluding hydrogens is 310 g/mol. The maximum atomic E-state index is 12.4. The first-order valence-corrected chi connectivity index (χ1v) is 8.71. The molecule has 0 spiro atoms. The second-order valence-electron chi connectivity index (χ2n) is 5.39. The molecule has 23 heavy (non-hydrogen) atoms. The molecule has 1 atom stereocenters. The van der Waals surface area contributed by atoms with Gasteiger partial charge < -0.3 is 14.8 Å². The minimum absolute atomic E-state index is 0.0825. The summed E-state index contributed by atoms with van der Waals surface area (Å²) in [5.74, 6) is 1.39. The zero-order valence-corrected chi connectivity index (χ0v) is 14.0. The highest BCUT2D eigenvalue weighted by atomic mass is 32.2. The predicted molar refractivity (Wildman–Crippen MR) is 91.6 cm³/mol. The van der Waals surface area contributed by atoms with Gasteiger partial charge in [-0.3, -0.25) is 4.79 Å². The number of hydrogen-bond acceptors (Lipinski definition) is 4. The van der Waals surface area contributed by atoms with Crippen LogP contribution in [0.2, 0.25) is 0 Å². The molecule has 1 N–H and O–H groups in total. The molecule has 4 nitrogen and oxygen atoms in total. The van der Waals surface area contributed by atoms with Gasteiger partial charge in [0.05, 0.1) is 6.54 Å². The van der Waals surface area contributed by atoms with Crippen LogP contribution in [0.25, 0.3) is 0 Å². The lowest BCUT2D eigenvalue weighted by Crippen LogP contribution is -2.40. The minimum Gasteiger partial charge on any atom is -0.486 e. The second-order valence-corrected chi connectivity index (χ2v) is 6.27. The molecule has 0 bridgehead atoms. The number of thioether (sulfide) groups is 1. The maximum Gasteiger partial charge on any atom is 0.251 e. The van der Waals surface area contributed by atoms with Crippen molar-refractivity contribution >= 4 is 17.7 Å². The number of carbonyl (C=O) groups excluding carboxylic acids is 1. The van der Waals surface area contributed by atoms with Gasteiger partial charge >= 0.3 is 0 Å². The van der Waals surface area contributed by atoms with E-state index in [1.54, 1.807) is 11.8 Å². The van der Waals surface area contributed by atoms with Crippen molar-refractivity contribution in [3.63, 3.8) is 0 Å². The molecule has 1 aliphatic heterocycles. The number of hydrogen-bond donors (Lipinski definition) is 1. The maximum absolute atomic E-state index is 12.4. The van der Waals surface area contributed by atoms with Crippen LogP contribution in [0.5, 0.6) is 11.5 Å². The van der Waals surface area contributed by atoms with Gasteiger partial charge in [0.1, 0.15) is 12.7 Å². The minimum atomic E-state index is -0.183. The van der Waals surface area contributed by atoms with Crippen LogP contribution < -0.4 is 14.8 Å². The summed E-state index contributed by atoms with van der Waals surface area (Å²) in [6.45, 7) is 2.78. The van der Waals surface area contributed by atoms with Crippen molar-refractivity contribution in [1.29, 1.82) is 0 Å². The summed E-state index contributed by atoms with van der Waals surface area (Å²) in [5.41, 5.74) is 1.67. The standard InChI is InChI=1S/C18H19NO3S/c1-12-7-8-14(23-2)9-15(12)18(20)19-10-13-11-21-16-5-3-4-6-17(16)22-13/h3-9,13H,10-11H2,1-2H3,(H,19,20). The Hall–Kier alpha value is -2.14. The van der Waals surface area contributed by atoms with Gasteiger partial charge in [0.15, 0.2) is 11.5 Å². The number of ether oxygens (including phenoxy) is 2. The summed E-state index contributed by atoms with van der Waals surface area (Å²) in [6, 6.07) is 13.5. The summed E-state index contributed by atoms with van der Waals surface area (Å²) in [5, 5.41) is 2.94. The molecule has 3 rings (SSSR count). The van der Waals surface area contributed by atoms with E-state index in [0.717, 1.165) is 22.0 Å². The average molecular weight is 329 g/mol. The lowest BCUT2D eigenvalue weighted by atomic mass is 10.1. The van der Waals surface area contributed by atoms with Crippen molar-refractivity contribution in [2.45, 2.75) is 17.9 Å². The van der Waals surface area contributed by atoms with Crippen molar-refractivity contribution in [3.05, 3.63) is 53.6 Å². The molecule has 120 valence electrons. The molecule has 0 aliphatic carbocycles. The van der Waals surface area contributed by atoms with Crippen LogP contribution in [0, 0.1) is 6.92 Å². The monoisotopic (exact) mass is 329 g/mol. The van der Waals surface area contributed by atoms with Gasteiger partial charge in [-0.2, -0.15) is 0 Å². The number of para-hydroxylation sites is 2. The summed E-state index contributed by atoms with van der Waals surface area (Å²) in [4.78, 5) is 13.5. The molecule has 2 aromatic carbocycles. The zero-order chi connectivity index (χ0) is 16.2. The van der Waals surface area contributed by atoms with Crippen molar-refractivity contribution in [2.24, 2.45) is 0 Å². The van der Waals surface area contributed by atoms with Crippen molar-refractivity contribution < 1.29 is 14.3 Å². The Morgan fingerprint density at radius 1 is 1.26 bits per heavy atom. The van der Waals surface area contributed by atoms with Crippen LogP contribution in [0.3, 0.4) is 0 Å². The Balaban J connectivity index is 1.62. The smallest absolute Gasteiger partial charge is 0.251 e. The molecule has 1 aliphatic rings. The van der Waals surface area contributed by atoms with Gasteiger partial charge in [-0.15, -0.1) is 11.8 Å². The molecule has 0 fully saturated rings. The summed E-state index contributed by atoms with van der Waals surface area (Å²) in [6.07, 6.45) is 1.81. The SMILES string of the molecule is CSc1ccc(C)c(C(=O)NCC2COc3ccccc3O2)c1. The first kappa shape index (κ1) is 15.7. The van der Waals surface area contributed by atoms with Crippen LogP contribution in [0.15, 0.2) is 47.4 Å². The molecule has 0 saturated heterocycles. The Kier molecular flexibility index (Phi) is 4.76. The van der Waals surface area contributed by atoms with Gasteiger partial charge in [-0.05, 0) is 43.0 Å². The fraction of sp³-hybridized carbons (Fsp3) is 0.278. The third-order valence-corrected chi connectivity index (χ3v) is 4.47. The molecule has 0 aromatic heterocycles. The summed E-state index contributed by atoms with van der Waals surface area (Å²) < 4.78 is 11.5. The Morgan fingerprint density at radius 2 is 2.04 bits per heavy atom. The van der Waals surface area contributed by atoms with Gasteiger partial charge in [-0.25, -0.2) is 0 Å². The number of aryl methyl sites for hydroxylation is 1. The van der Waals surface area contributed by atoms with Crippen LogP contribution >= 0.6 is 11.8 Å². The summed E-state index contributed by atoms with van der Waals surface area (Å²) >= 11 is 1.62. The fourth-order valence-electron chi connectivity index (χ4n) is 2.44. The highest BCUT2D eigenvalue weighted by Crippen LogP contribution is 2.30. The first-order chi connectivity index (χ1) is 11.2. The third-order valence-electron chi connectivity index (χ3n) is 3.75. The summed E-state index contributed by atoms with van der Waals surface area (Å²) in [7, 11) is 0. The van der Waals surface area contributed by atoms with E-state index in [4.69, 9.17) is 9.47 Å². The van der Waals surface area contributed by atoms with E-state index in [1.807, 2.05) is 55.6 Å². The fourth-order valence-corrected chi connectivity index (χ4v) is 2.88. The van der Waals surface area contributed by atoms with Crippen LogP contribution in [0.4, 0.5) is 0 Å². The van der Waals surface area contributed by atoms with Crippen LogP contribution in [-0.4, -0.2) is 31.4 Å². The Labute approximate surface area is 140 Å². The van der Waals surface area contributed by atoms with Crippen molar-refractivity contribution in [2.75, 3.05) is 19.4 Å². The molecule has 0 radical (unpaired) electrons. The van der Waals surface area contributed by atoms with Gasteiger partial charge in [0, 0.05) is 10.5 Å². The topological polar surface area (TPSA) is 47.6 Å². The molecule has 0 saturated carbocycles. The third kappa shape index (κ3) is 3.62. The van der Waals surface area contributed by atoms with E-state index in [9.17, 15) is 4.79 Å². The highest BCUT2D eigenvalue weighted by Gasteiger charge is 2.21. The predicted octanol–water partition coefficient (Wildman–Crippen LogP) is 3.29. The number of benzene rings is 2. The Bertz CT molecular complexity index is 717. The quantitative estimate of drug-likeness (QED) is 0.875. The lowest BCUT2D eigenvalue weighted by Gasteiger charge is -2.26. The van der Waals surface area contributed by atoms with E-state index in [-0.39, 0.29) is 12.0 Å². The second kappa shape index (κ2) is 6.96. The van der Waals surface area contributed by atoms with Crippen LogP contribution in [-0.2, 0) is 0 Å². The molecule has 2 aromatic rings. The average Bonchev–Trinajstić information content (AvgIpc) is 2.60. The normalized spacial score (nSPS) is 16.0. The van der Waals surface area contributed by atoms with E-state index < -0.39 is 0 Å². The number of carbonyl (C=O) groups is 1. The first-order valence-electron chi connectivity index (χ1n) is 7.48. The van der Waals surface area contributed by atoms with Gasteiger partial charge in [0.2, 0.25) is 0 Å². The number of rotatable bonds is 4. The number of fused-ring (bicyclic) bond motifs is 1. The molecule has 5 heteroatoms. The molecular formula is C18H19NO3S. The van der Waals surface area contributed by atoms with E-state index in [1.165, 1.54) is 0 Å². The van der Waals surface area contributed by atoms with Crippen molar-refractivity contribution in [1.82, 2.24) is 5.32 Å². The number of nitrogens with one attached hydrogen (secondary N) is 1. The van der Waals surface area contributed by atoms with Gasteiger partial charge in [-0.1, -0.05) is 18.2 Å². The van der Waals surface area contributed by atoms with E-state index >= 15 is 0 Å². The molecule has 1 unspecified atom stereocenters. The number of amides is 1. The van der Waals surface area contributed by atoms with E-state index in [2.05, 4.69) is 5.32 Å². The Morgan fingerprint density at radius 3 is 2.83 bits per heavy atom. The molecule has 1 amide bonds. The van der Waals surface area contributed by atoms with Crippen molar-refractivity contribution in [3.8, 4) is 11.5 Å². The highest BCUT2D eigenvalue weighted by molar-refractivity contribution is 7.98. The zero-order valence-electron chi connectivity index (χ0n) is 13.2. The largest absolute Gasteiger partial charge is 0.486 e. The molecule has 1 heterocycles.